The Balaban J connectivity index is 1.36. The van der Waals surface area contributed by atoms with Crippen LogP contribution >= 0.6 is 23.5 Å². The molecule has 156 valence electrons. The van der Waals surface area contributed by atoms with Gasteiger partial charge in [0.25, 0.3) is 0 Å². The number of aliphatic hydroxyl groups is 1. The molecular weight excluding hydrogens is 422 g/mol. The zero-order valence-electron chi connectivity index (χ0n) is 16.3. The van der Waals surface area contributed by atoms with Gasteiger partial charge in [-0.05, 0) is 12.5 Å². The number of rotatable bonds is 6. The summed E-state index contributed by atoms with van der Waals surface area (Å²) in [5.41, 5.74) is 2.46. The Kier molecular flexibility index (Phi) is 4.91. The number of carboxylic acids is 1. The van der Waals surface area contributed by atoms with Crippen molar-refractivity contribution < 1.29 is 24.4 Å². The molecule has 3 aliphatic heterocycles. The van der Waals surface area contributed by atoms with Gasteiger partial charge in [0.1, 0.15) is 18.1 Å². The molecule has 30 heavy (non-hydrogen) atoms. The highest BCUT2D eigenvalue weighted by molar-refractivity contribution is 8.22. The number of hydrogen-bond acceptors (Lipinski definition) is 5. The summed E-state index contributed by atoms with van der Waals surface area (Å²) < 4.78 is 5.05. The van der Waals surface area contributed by atoms with Crippen LogP contribution in [0.3, 0.4) is 0 Å². The summed E-state index contributed by atoms with van der Waals surface area (Å²) >= 11 is 2.93. The maximum absolute atomic E-state index is 12.4. The molecule has 2 aromatic rings. The van der Waals surface area contributed by atoms with Crippen LogP contribution in [-0.4, -0.2) is 43.0 Å². The number of carboxylic acid groups (broad SMARTS) is 1. The highest BCUT2D eigenvalue weighted by Gasteiger charge is 2.58. The van der Waals surface area contributed by atoms with Gasteiger partial charge in [0, 0.05) is 6.42 Å². The van der Waals surface area contributed by atoms with Crippen molar-refractivity contribution in [2.45, 2.75) is 43.2 Å². The second-order valence-corrected chi connectivity index (χ2v) is 10.4. The van der Waals surface area contributed by atoms with E-state index in [1.165, 1.54) is 39.7 Å². The Morgan fingerprint density at radius 3 is 2.83 bits per heavy atom. The van der Waals surface area contributed by atoms with E-state index in [1.54, 1.807) is 6.92 Å². The Hall–Kier alpha value is -2.23. The fourth-order valence-corrected chi connectivity index (χ4v) is 7.63. The van der Waals surface area contributed by atoms with Gasteiger partial charge in [-0.2, -0.15) is 0 Å². The van der Waals surface area contributed by atoms with Crippen molar-refractivity contribution in [2.75, 3.05) is 0 Å². The Labute approximate surface area is 182 Å². The summed E-state index contributed by atoms with van der Waals surface area (Å²) in [6, 6.07) is 10.3. The van der Waals surface area contributed by atoms with E-state index in [0.29, 0.717) is 4.24 Å². The minimum Gasteiger partial charge on any atom is -0.477 e. The molecule has 2 N–H and O–H groups in total. The molecule has 0 bridgehead atoms. The molecule has 3 aliphatic rings. The molecule has 0 radical (unpaired) electrons. The van der Waals surface area contributed by atoms with E-state index in [1.807, 2.05) is 18.2 Å². The van der Waals surface area contributed by atoms with Crippen LogP contribution in [0.2, 0.25) is 0 Å². The second kappa shape index (κ2) is 7.47. The van der Waals surface area contributed by atoms with E-state index in [-0.39, 0.29) is 22.2 Å². The number of nitrogens with zero attached hydrogens (tertiary/aromatic N) is 3. The van der Waals surface area contributed by atoms with Crippen molar-refractivity contribution >= 4 is 35.4 Å². The molecule has 9 heteroatoms. The normalized spacial score (nSPS) is 25.9. The number of benzene rings is 1. The minimum atomic E-state index is -1.09. The maximum atomic E-state index is 12.4. The van der Waals surface area contributed by atoms with Crippen molar-refractivity contribution in [1.29, 1.82) is 0 Å². The van der Waals surface area contributed by atoms with Crippen LogP contribution in [0.25, 0.3) is 0 Å². The van der Waals surface area contributed by atoms with Crippen molar-refractivity contribution in [1.82, 2.24) is 9.47 Å². The molecule has 1 aromatic carbocycles. The van der Waals surface area contributed by atoms with Crippen LogP contribution in [-0.2, 0) is 22.7 Å². The lowest BCUT2D eigenvalue weighted by Crippen LogP contribution is -2.60. The first-order valence-corrected chi connectivity index (χ1v) is 11.6. The number of aromatic nitrogens is 2. The number of carbonyl (C=O) groups is 2. The third-order valence-electron chi connectivity index (χ3n) is 5.81. The van der Waals surface area contributed by atoms with E-state index in [0.717, 1.165) is 19.5 Å². The summed E-state index contributed by atoms with van der Waals surface area (Å²) in [6.45, 7) is 3.26. The van der Waals surface area contributed by atoms with Crippen LogP contribution in [0.1, 0.15) is 29.9 Å². The summed E-state index contributed by atoms with van der Waals surface area (Å²) in [5.74, 6) is -1.92. The van der Waals surface area contributed by atoms with Crippen LogP contribution in [0.15, 0.2) is 52.8 Å². The number of aliphatic hydroxyl groups excluding tert-OH is 1. The maximum Gasteiger partial charge on any atom is 0.354 e. The van der Waals surface area contributed by atoms with Crippen LogP contribution < -0.4 is 4.57 Å². The van der Waals surface area contributed by atoms with Gasteiger partial charge in [-0.25, -0.2) is 13.9 Å². The lowest BCUT2D eigenvalue weighted by molar-refractivity contribution is -0.688. The molecule has 0 spiro atoms. The predicted molar refractivity (Wildman–Crippen MR) is 113 cm³/mol. The lowest BCUT2D eigenvalue weighted by Gasteiger charge is -2.43. The molecular formula is C21H22N3O4S2+. The number of carbonyl (C=O) groups excluding carboxylic acids is 1. The topological polar surface area (TPSA) is 86.7 Å². The van der Waals surface area contributed by atoms with Crippen LogP contribution in [0.5, 0.6) is 0 Å². The van der Waals surface area contributed by atoms with E-state index >= 15 is 0 Å². The molecule has 1 saturated heterocycles. The molecule has 0 aliphatic carbocycles. The van der Waals surface area contributed by atoms with Gasteiger partial charge >= 0.3 is 5.97 Å². The summed E-state index contributed by atoms with van der Waals surface area (Å²) in [7, 11) is 0. The third-order valence-corrected chi connectivity index (χ3v) is 8.70. The molecule has 4 heterocycles. The molecule has 1 aromatic heterocycles. The number of thioether (sulfide) groups is 2. The standard InChI is InChI=1S/C21H21N3O4S2/c1-12(25)16-18(26)24-17(20(27)28)21(30-19(16)24)29-15-7-8-23-11-22(10-14(15)23)9-13-5-3-2-4-6-13/h2-6,10-12,15-16,19,25H,7-9H2,1H3/p+1/t12?,15?,16-,19+/m0/s1. The van der Waals surface area contributed by atoms with E-state index in [9.17, 15) is 19.8 Å². The van der Waals surface area contributed by atoms with Crippen LogP contribution in [0, 0.1) is 5.92 Å². The molecule has 4 atom stereocenters. The highest BCUT2D eigenvalue weighted by atomic mass is 32.2. The molecule has 1 fully saturated rings. The van der Waals surface area contributed by atoms with Gasteiger partial charge in [-0.3, -0.25) is 9.69 Å². The first kappa shape index (κ1) is 19.7. The first-order valence-electron chi connectivity index (χ1n) is 9.89. The molecule has 0 saturated carbocycles. The second-order valence-electron chi connectivity index (χ2n) is 7.84. The Morgan fingerprint density at radius 2 is 2.13 bits per heavy atom. The number of hydrogen-bond donors (Lipinski definition) is 2. The van der Waals surface area contributed by atoms with Gasteiger partial charge in [0.05, 0.1) is 28.1 Å². The number of aliphatic carboxylic acids is 1. The number of amides is 1. The summed E-state index contributed by atoms with van der Waals surface area (Å²) in [4.78, 5) is 25.6. The van der Waals surface area contributed by atoms with Crippen molar-refractivity contribution in [3.05, 3.63) is 64.0 Å². The average Bonchev–Trinajstić information content (AvgIpc) is 3.35. The smallest absolute Gasteiger partial charge is 0.354 e. The number of imidazole rings is 1. The van der Waals surface area contributed by atoms with Crippen molar-refractivity contribution in [3.63, 3.8) is 0 Å². The molecule has 7 nitrogen and oxygen atoms in total. The SMILES string of the molecule is CC(O)[C@H]1C(=O)N2C(C(=O)O)=C(SC3CCn4c[n+](Cc5ccccc5)cc43)S[C@H]12. The Bertz CT molecular complexity index is 1050. The van der Waals surface area contributed by atoms with E-state index in [4.69, 9.17) is 0 Å². The zero-order valence-corrected chi connectivity index (χ0v) is 18.0. The van der Waals surface area contributed by atoms with Crippen LogP contribution in [0.4, 0.5) is 0 Å². The third kappa shape index (κ3) is 3.16. The van der Waals surface area contributed by atoms with Gasteiger partial charge in [0.15, 0.2) is 11.4 Å². The summed E-state index contributed by atoms with van der Waals surface area (Å²) in [6.07, 6.45) is 4.38. The zero-order chi connectivity index (χ0) is 21.0. The monoisotopic (exact) mass is 444 g/mol. The predicted octanol–water partition coefficient (Wildman–Crippen LogP) is 2.17. The van der Waals surface area contributed by atoms with E-state index in [2.05, 4.69) is 33.8 Å². The van der Waals surface area contributed by atoms with Gasteiger partial charge in [-0.1, -0.05) is 42.1 Å². The molecule has 2 unspecified atom stereocenters. The fraction of sp³-hybridized carbons (Fsp3) is 0.381. The summed E-state index contributed by atoms with van der Waals surface area (Å²) in [5, 5.41) is 19.5. The Morgan fingerprint density at radius 1 is 1.37 bits per heavy atom. The number of aryl methyl sites for hydroxylation is 1. The van der Waals surface area contributed by atoms with Crippen molar-refractivity contribution in [3.8, 4) is 0 Å². The number of β-lactam (4-membered cyclic amide) rings is 1. The van der Waals surface area contributed by atoms with Gasteiger partial charge < -0.3 is 10.2 Å². The fourth-order valence-electron chi connectivity index (χ4n) is 4.34. The molecule has 5 rings (SSSR count). The average molecular weight is 445 g/mol. The number of fused-ring (bicyclic) bond motifs is 2. The highest BCUT2D eigenvalue weighted by Crippen LogP contribution is 2.57. The van der Waals surface area contributed by atoms with Gasteiger partial charge in [0.2, 0.25) is 12.2 Å². The largest absolute Gasteiger partial charge is 0.477 e. The lowest BCUT2D eigenvalue weighted by atomic mass is 9.92. The first-order chi connectivity index (χ1) is 14.4. The van der Waals surface area contributed by atoms with E-state index < -0.39 is 18.0 Å². The van der Waals surface area contributed by atoms with Crippen molar-refractivity contribution in [2.24, 2.45) is 5.92 Å². The van der Waals surface area contributed by atoms with Gasteiger partial charge in [-0.15, -0.1) is 11.8 Å². The minimum absolute atomic E-state index is 0.0686. The molecule has 1 amide bonds. The quantitative estimate of drug-likeness (QED) is 0.525.